The van der Waals surface area contributed by atoms with Crippen LogP contribution in [0.5, 0.6) is 0 Å². The highest BCUT2D eigenvalue weighted by Gasteiger charge is 2.06. The van der Waals surface area contributed by atoms with Gasteiger partial charge in [-0.15, -0.1) is 0 Å². The number of nitrogens with two attached hydrogens (primary N) is 1. The van der Waals surface area contributed by atoms with E-state index in [1.165, 1.54) is 4.68 Å². The van der Waals surface area contributed by atoms with E-state index >= 15 is 0 Å². The van der Waals surface area contributed by atoms with Gasteiger partial charge in [0.05, 0.1) is 11.4 Å². The normalized spacial score (nSPS) is 10.3. The third kappa shape index (κ3) is 0.852. The lowest BCUT2D eigenvalue weighted by molar-refractivity contribution is 0.880. The zero-order chi connectivity index (χ0) is 8.55. The Bertz CT molecular complexity index is 432. The van der Waals surface area contributed by atoms with Crippen molar-refractivity contribution in [3.63, 3.8) is 0 Å². The second-order valence-electron chi connectivity index (χ2n) is 2.49. The summed E-state index contributed by atoms with van der Waals surface area (Å²) in [7, 11) is 0. The minimum Gasteiger partial charge on any atom is -0.336 e. The van der Waals surface area contributed by atoms with Gasteiger partial charge < -0.3 is 5.84 Å². The van der Waals surface area contributed by atoms with Gasteiger partial charge in [0.15, 0.2) is 0 Å². The fourth-order valence-electron chi connectivity index (χ4n) is 1.11. The Hall–Kier alpha value is -1.84. The first-order chi connectivity index (χ1) is 5.79. The molecule has 1 heterocycles. The fourth-order valence-corrected chi connectivity index (χ4v) is 1.11. The number of hydrogen-bond acceptors (Lipinski definition) is 3. The number of hydrogen-bond donors (Lipinski definition) is 2. The van der Waals surface area contributed by atoms with Gasteiger partial charge in [-0.05, 0) is 12.1 Å². The van der Waals surface area contributed by atoms with Crippen LogP contribution in [0.3, 0.4) is 0 Å². The maximum atomic E-state index is 7.34. The van der Waals surface area contributed by atoms with E-state index in [-0.39, 0.29) is 5.62 Å². The van der Waals surface area contributed by atoms with Crippen LogP contribution in [0.25, 0.3) is 11.4 Å². The molecule has 1 aliphatic heterocycles. The molecular weight excluding hydrogens is 152 g/mol. The van der Waals surface area contributed by atoms with Gasteiger partial charge in [0.1, 0.15) is 0 Å². The van der Waals surface area contributed by atoms with Crippen molar-refractivity contribution < 1.29 is 0 Å². The lowest BCUT2D eigenvalue weighted by atomic mass is 10.3. The third-order valence-corrected chi connectivity index (χ3v) is 1.71. The van der Waals surface area contributed by atoms with E-state index < -0.39 is 0 Å². The maximum absolute atomic E-state index is 7.34. The second-order valence-corrected chi connectivity index (χ2v) is 2.49. The van der Waals surface area contributed by atoms with Gasteiger partial charge in [0.2, 0.25) is 5.62 Å². The molecule has 0 fully saturated rings. The topological polar surface area (TPSA) is 67.7 Å². The smallest absolute Gasteiger partial charge is 0.241 e. The molecule has 0 spiro atoms. The molecule has 0 aromatic heterocycles. The summed E-state index contributed by atoms with van der Waals surface area (Å²) >= 11 is 0. The van der Waals surface area contributed by atoms with Crippen LogP contribution in [-0.4, -0.2) is 9.66 Å². The average Bonchev–Trinajstić information content (AvgIpc) is 2.30. The molecule has 0 unspecified atom stereocenters. The molecule has 0 aromatic rings. The van der Waals surface area contributed by atoms with Crippen LogP contribution in [0, 0.1) is 5.41 Å². The Labute approximate surface area is 69.1 Å². The maximum Gasteiger partial charge on any atom is 0.241 e. The van der Waals surface area contributed by atoms with Crippen LogP contribution in [0.4, 0.5) is 0 Å². The van der Waals surface area contributed by atoms with E-state index in [4.69, 9.17) is 11.3 Å². The molecule has 0 radical (unpaired) electrons. The van der Waals surface area contributed by atoms with Gasteiger partial charge in [-0.2, -0.15) is 0 Å². The molecule has 2 rings (SSSR count). The summed E-state index contributed by atoms with van der Waals surface area (Å²) in [5, 5.41) is 7.34. The summed E-state index contributed by atoms with van der Waals surface area (Å²) in [4.78, 5) is 3.96. The molecule has 60 valence electrons. The molecule has 0 saturated carbocycles. The first-order valence-electron chi connectivity index (χ1n) is 3.56. The minimum atomic E-state index is 0.0798. The molecule has 3 N–H and O–H groups in total. The predicted octanol–water partition coefficient (Wildman–Crippen LogP) is 0.181. The molecule has 4 heteroatoms. The largest absolute Gasteiger partial charge is 0.336 e. The summed E-state index contributed by atoms with van der Waals surface area (Å²) < 4.78 is 1.26. The van der Waals surface area contributed by atoms with Crippen molar-refractivity contribution in [2.75, 3.05) is 5.84 Å². The number of aromatic nitrogens is 2. The van der Waals surface area contributed by atoms with Crippen LogP contribution >= 0.6 is 0 Å². The first-order valence-corrected chi connectivity index (χ1v) is 3.56. The Kier molecular flexibility index (Phi) is 1.33. The molecule has 12 heavy (non-hydrogen) atoms. The van der Waals surface area contributed by atoms with Crippen molar-refractivity contribution in [2.24, 2.45) is 0 Å². The van der Waals surface area contributed by atoms with Gasteiger partial charge in [-0.25, -0.2) is 9.66 Å². The SMILES string of the molecule is N=c1nc2cccccc-2n1N. The number of nitrogens with one attached hydrogen (secondary N) is 1. The third-order valence-electron chi connectivity index (χ3n) is 1.71. The lowest BCUT2D eigenvalue weighted by Crippen LogP contribution is -2.24. The quantitative estimate of drug-likeness (QED) is 0.540. The van der Waals surface area contributed by atoms with E-state index in [0.29, 0.717) is 0 Å². The number of rotatable bonds is 0. The lowest BCUT2D eigenvalue weighted by Gasteiger charge is -1.93. The molecule has 0 aromatic carbocycles. The van der Waals surface area contributed by atoms with Crippen molar-refractivity contribution in [2.45, 2.75) is 0 Å². The van der Waals surface area contributed by atoms with Crippen LogP contribution < -0.4 is 11.5 Å². The Balaban J connectivity index is 2.88. The van der Waals surface area contributed by atoms with E-state index in [2.05, 4.69) is 4.98 Å². The number of imidazole rings is 1. The molecule has 0 saturated heterocycles. The Morgan fingerprint density at radius 2 is 2.00 bits per heavy atom. The summed E-state index contributed by atoms with van der Waals surface area (Å²) in [6.07, 6.45) is 0. The zero-order valence-corrected chi connectivity index (χ0v) is 6.36. The number of fused-ring (bicyclic) bond motifs is 1. The zero-order valence-electron chi connectivity index (χ0n) is 6.36. The van der Waals surface area contributed by atoms with E-state index in [9.17, 15) is 0 Å². The van der Waals surface area contributed by atoms with Gasteiger partial charge in [0, 0.05) is 0 Å². The van der Waals surface area contributed by atoms with E-state index in [0.717, 1.165) is 11.4 Å². The highest BCUT2D eigenvalue weighted by atomic mass is 15.3. The first kappa shape index (κ1) is 6.84. The highest BCUT2D eigenvalue weighted by molar-refractivity contribution is 5.55. The van der Waals surface area contributed by atoms with Crippen molar-refractivity contribution in [1.29, 1.82) is 5.41 Å². The minimum absolute atomic E-state index is 0.0798. The molecule has 4 nitrogen and oxygen atoms in total. The molecule has 0 bridgehead atoms. The molecule has 2 aliphatic rings. The average molecular weight is 160 g/mol. The molecule has 1 aliphatic carbocycles. The van der Waals surface area contributed by atoms with Crippen molar-refractivity contribution in [3.8, 4) is 11.4 Å². The van der Waals surface area contributed by atoms with Crippen molar-refractivity contribution in [1.82, 2.24) is 9.66 Å². The number of nitrogen functional groups attached to an aromatic ring is 1. The van der Waals surface area contributed by atoms with Crippen LogP contribution in [0.1, 0.15) is 0 Å². The fraction of sp³-hybridized carbons (Fsp3) is 0. The van der Waals surface area contributed by atoms with Crippen LogP contribution in [0.15, 0.2) is 30.3 Å². The van der Waals surface area contributed by atoms with Gasteiger partial charge in [-0.1, -0.05) is 18.2 Å². The van der Waals surface area contributed by atoms with E-state index in [1.807, 2.05) is 30.3 Å². The van der Waals surface area contributed by atoms with Crippen LogP contribution in [-0.2, 0) is 0 Å². The molecule has 0 amide bonds. The summed E-state index contributed by atoms with van der Waals surface area (Å²) in [6.45, 7) is 0. The molecule has 0 atom stereocenters. The highest BCUT2D eigenvalue weighted by Crippen LogP contribution is 2.12. The van der Waals surface area contributed by atoms with Crippen LogP contribution in [0.2, 0.25) is 0 Å². The predicted molar refractivity (Wildman–Crippen MR) is 44.9 cm³/mol. The summed E-state index contributed by atoms with van der Waals surface area (Å²) in [5.74, 6) is 5.56. The van der Waals surface area contributed by atoms with Gasteiger partial charge >= 0.3 is 0 Å². The molecular formula is C8H8N4. The second kappa shape index (κ2) is 2.34. The van der Waals surface area contributed by atoms with Crippen molar-refractivity contribution in [3.05, 3.63) is 36.0 Å². The standard InChI is InChI=1S/C8H8N4/c9-8-11-6-4-2-1-3-5-7(6)12(8)10/h1-5,9H,10H2. The van der Waals surface area contributed by atoms with E-state index in [1.54, 1.807) is 0 Å². The Morgan fingerprint density at radius 3 is 2.83 bits per heavy atom. The summed E-state index contributed by atoms with van der Waals surface area (Å²) in [6, 6.07) is 9.30. The van der Waals surface area contributed by atoms with Gasteiger partial charge in [-0.3, -0.25) is 5.41 Å². The summed E-state index contributed by atoms with van der Waals surface area (Å²) in [5.41, 5.74) is 1.59. The monoisotopic (exact) mass is 160 g/mol. The Morgan fingerprint density at radius 1 is 1.25 bits per heavy atom. The van der Waals surface area contributed by atoms with Gasteiger partial charge in [0.25, 0.3) is 0 Å². The number of nitrogens with zero attached hydrogens (tertiary/aromatic N) is 2. The van der Waals surface area contributed by atoms with Crippen molar-refractivity contribution >= 4 is 0 Å².